The Hall–Kier alpha value is -2.76. The maximum atomic E-state index is 12.3. The van der Waals surface area contributed by atoms with Crippen molar-refractivity contribution in [2.24, 2.45) is 5.10 Å². The SMILES string of the molecule is COc1cc(C(=O)N/N=C\C=C(/C)CCC=C(C)C)cc(OC)c1OC. The molecule has 1 N–H and O–H groups in total. The molecule has 0 radical (unpaired) electrons. The number of rotatable bonds is 9. The zero-order valence-electron chi connectivity index (χ0n) is 16.4. The average molecular weight is 360 g/mol. The Labute approximate surface area is 155 Å². The molecule has 0 saturated carbocycles. The number of nitrogens with one attached hydrogen (secondary N) is 1. The summed E-state index contributed by atoms with van der Waals surface area (Å²) in [6.45, 7) is 6.20. The number of benzene rings is 1. The normalized spacial score (nSPS) is 11.2. The highest BCUT2D eigenvalue weighted by atomic mass is 16.5. The lowest BCUT2D eigenvalue weighted by Gasteiger charge is -2.13. The van der Waals surface area contributed by atoms with E-state index in [4.69, 9.17) is 14.2 Å². The van der Waals surface area contributed by atoms with E-state index in [9.17, 15) is 4.79 Å². The fourth-order valence-corrected chi connectivity index (χ4v) is 2.21. The topological polar surface area (TPSA) is 69.2 Å². The first-order chi connectivity index (χ1) is 12.4. The molecule has 0 aliphatic rings. The van der Waals surface area contributed by atoms with Crippen LogP contribution >= 0.6 is 0 Å². The van der Waals surface area contributed by atoms with Crippen LogP contribution in [-0.2, 0) is 0 Å². The van der Waals surface area contributed by atoms with E-state index < -0.39 is 0 Å². The summed E-state index contributed by atoms with van der Waals surface area (Å²) >= 11 is 0. The molecular formula is C20H28N2O4. The molecule has 1 aromatic carbocycles. The highest BCUT2D eigenvalue weighted by molar-refractivity contribution is 5.96. The van der Waals surface area contributed by atoms with Gasteiger partial charge in [-0.25, -0.2) is 5.43 Å². The van der Waals surface area contributed by atoms with Crippen LogP contribution in [-0.4, -0.2) is 33.5 Å². The third-order valence-corrected chi connectivity index (χ3v) is 3.62. The van der Waals surface area contributed by atoms with Crippen LogP contribution in [0.5, 0.6) is 17.2 Å². The Bertz CT molecular complexity index is 677. The number of amides is 1. The van der Waals surface area contributed by atoms with Gasteiger partial charge in [0.1, 0.15) is 0 Å². The van der Waals surface area contributed by atoms with E-state index in [1.54, 1.807) is 18.3 Å². The monoisotopic (exact) mass is 360 g/mol. The zero-order chi connectivity index (χ0) is 19.5. The molecule has 1 amide bonds. The zero-order valence-corrected chi connectivity index (χ0v) is 16.4. The van der Waals surface area contributed by atoms with Gasteiger partial charge >= 0.3 is 0 Å². The lowest BCUT2D eigenvalue weighted by Crippen LogP contribution is -2.17. The molecule has 0 unspecified atom stereocenters. The van der Waals surface area contributed by atoms with E-state index in [0.29, 0.717) is 22.8 Å². The molecule has 26 heavy (non-hydrogen) atoms. The number of carbonyl (C=O) groups excluding carboxylic acids is 1. The Morgan fingerprint density at radius 3 is 2.19 bits per heavy atom. The van der Waals surface area contributed by atoms with Crippen LogP contribution in [0, 0.1) is 0 Å². The molecule has 0 saturated heterocycles. The molecule has 1 rings (SSSR count). The Kier molecular flexibility index (Phi) is 8.98. The van der Waals surface area contributed by atoms with Gasteiger partial charge < -0.3 is 14.2 Å². The fourth-order valence-electron chi connectivity index (χ4n) is 2.21. The van der Waals surface area contributed by atoms with Crippen molar-refractivity contribution >= 4 is 12.1 Å². The molecule has 1 aromatic rings. The van der Waals surface area contributed by atoms with E-state index in [-0.39, 0.29) is 5.91 Å². The molecule has 0 aliphatic carbocycles. The molecule has 142 valence electrons. The van der Waals surface area contributed by atoms with Gasteiger partial charge in [-0.2, -0.15) is 5.10 Å². The summed E-state index contributed by atoms with van der Waals surface area (Å²) < 4.78 is 15.7. The van der Waals surface area contributed by atoms with Crippen LogP contribution < -0.4 is 19.6 Å². The van der Waals surface area contributed by atoms with Crippen LogP contribution in [0.2, 0.25) is 0 Å². The van der Waals surface area contributed by atoms with Crippen molar-refractivity contribution in [2.45, 2.75) is 33.6 Å². The highest BCUT2D eigenvalue weighted by Crippen LogP contribution is 2.38. The summed E-state index contributed by atoms with van der Waals surface area (Å²) in [5.41, 5.74) is 5.35. The van der Waals surface area contributed by atoms with Gasteiger partial charge in [-0.05, 0) is 51.8 Å². The van der Waals surface area contributed by atoms with E-state index in [0.717, 1.165) is 12.8 Å². The van der Waals surface area contributed by atoms with Crippen LogP contribution in [0.4, 0.5) is 0 Å². The van der Waals surface area contributed by atoms with Gasteiger partial charge in [-0.1, -0.05) is 17.2 Å². The number of nitrogens with zero attached hydrogens (tertiary/aromatic N) is 1. The second-order valence-electron chi connectivity index (χ2n) is 5.97. The van der Waals surface area contributed by atoms with Crippen LogP contribution in [0.15, 0.2) is 40.5 Å². The van der Waals surface area contributed by atoms with Crippen molar-refractivity contribution in [1.82, 2.24) is 5.43 Å². The molecule has 0 atom stereocenters. The number of allylic oxidation sites excluding steroid dienone is 4. The van der Waals surface area contributed by atoms with Gasteiger partial charge in [0, 0.05) is 11.8 Å². The van der Waals surface area contributed by atoms with Crippen LogP contribution in [0.3, 0.4) is 0 Å². The minimum absolute atomic E-state index is 0.362. The summed E-state index contributed by atoms with van der Waals surface area (Å²) in [5, 5.41) is 3.96. The van der Waals surface area contributed by atoms with Crippen molar-refractivity contribution in [3.8, 4) is 17.2 Å². The molecule has 0 aliphatic heterocycles. The molecule has 0 fully saturated rings. The first kappa shape index (κ1) is 21.3. The minimum Gasteiger partial charge on any atom is -0.493 e. The number of hydrogen-bond acceptors (Lipinski definition) is 5. The second kappa shape index (κ2) is 11.0. The number of methoxy groups -OCH3 is 3. The van der Waals surface area contributed by atoms with Gasteiger partial charge in [-0.15, -0.1) is 0 Å². The van der Waals surface area contributed by atoms with Crippen LogP contribution in [0.1, 0.15) is 44.0 Å². The van der Waals surface area contributed by atoms with Crippen molar-refractivity contribution in [2.75, 3.05) is 21.3 Å². The predicted octanol–water partition coefficient (Wildman–Crippen LogP) is 4.12. The van der Waals surface area contributed by atoms with Crippen molar-refractivity contribution in [3.63, 3.8) is 0 Å². The maximum absolute atomic E-state index is 12.3. The van der Waals surface area contributed by atoms with E-state index in [1.165, 1.54) is 32.5 Å². The second-order valence-corrected chi connectivity index (χ2v) is 5.97. The quantitative estimate of drug-likeness (QED) is 0.408. The highest BCUT2D eigenvalue weighted by Gasteiger charge is 2.16. The summed E-state index contributed by atoms with van der Waals surface area (Å²) in [7, 11) is 4.51. The van der Waals surface area contributed by atoms with Gasteiger partial charge in [0.05, 0.1) is 21.3 Å². The maximum Gasteiger partial charge on any atom is 0.271 e. The summed E-state index contributed by atoms with van der Waals surface area (Å²) in [5.74, 6) is 0.896. The minimum atomic E-state index is -0.365. The summed E-state index contributed by atoms with van der Waals surface area (Å²) in [6.07, 6.45) is 7.61. The lowest BCUT2D eigenvalue weighted by atomic mass is 10.1. The van der Waals surface area contributed by atoms with E-state index >= 15 is 0 Å². The van der Waals surface area contributed by atoms with Gasteiger partial charge in [0.2, 0.25) is 5.75 Å². The smallest absolute Gasteiger partial charge is 0.271 e. The lowest BCUT2D eigenvalue weighted by molar-refractivity contribution is 0.0954. The van der Waals surface area contributed by atoms with Gasteiger partial charge in [-0.3, -0.25) is 4.79 Å². The van der Waals surface area contributed by atoms with Crippen LogP contribution in [0.25, 0.3) is 0 Å². The molecule has 6 nitrogen and oxygen atoms in total. The molecule has 0 spiro atoms. The van der Waals surface area contributed by atoms with E-state index in [2.05, 4.69) is 30.5 Å². The Morgan fingerprint density at radius 2 is 1.69 bits per heavy atom. The van der Waals surface area contributed by atoms with Crippen molar-refractivity contribution in [1.29, 1.82) is 0 Å². The molecule has 0 bridgehead atoms. The third kappa shape index (κ3) is 6.63. The molecule has 0 heterocycles. The number of ether oxygens (including phenoxy) is 3. The Morgan fingerprint density at radius 1 is 1.08 bits per heavy atom. The van der Waals surface area contributed by atoms with Gasteiger partial charge in [0.15, 0.2) is 11.5 Å². The predicted molar refractivity (Wildman–Crippen MR) is 104 cm³/mol. The molecule has 0 aromatic heterocycles. The summed E-state index contributed by atoms with van der Waals surface area (Å²) in [6, 6.07) is 3.15. The number of carbonyl (C=O) groups is 1. The third-order valence-electron chi connectivity index (χ3n) is 3.62. The van der Waals surface area contributed by atoms with E-state index in [1.807, 2.05) is 13.0 Å². The van der Waals surface area contributed by atoms with Crippen molar-refractivity contribution in [3.05, 3.63) is 41.0 Å². The largest absolute Gasteiger partial charge is 0.493 e. The van der Waals surface area contributed by atoms with Crippen molar-refractivity contribution < 1.29 is 19.0 Å². The standard InChI is InChI=1S/C20H28N2O4/c1-14(2)8-7-9-15(3)10-11-21-22-20(23)16-12-17(24-4)19(26-6)18(13-16)25-5/h8,10-13H,7,9H2,1-6H3,(H,22,23)/b15-10+,21-11-. The number of hydrazone groups is 1. The molecular weight excluding hydrogens is 332 g/mol. The summed E-state index contributed by atoms with van der Waals surface area (Å²) in [4.78, 5) is 12.3. The Balaban J connectivity index is 2.75. The average Bonchev–Trinajstić information content (AvgIpc) is 2.63. The first-order valence-electron chi connectivity index (χ1n) is 8.35. The molecule has 6 heteroatoms. The fraction of sp³-hybridized carbons (Fsp3) is 0.400. The first-order valence-corrected chi connectivity index (χ1v) is 8.35. The van der Waals surface area contributed by atoms with Gasteiger partial charge in [0.25, 0.3) is 5.91 Å². The number of hydrogen-bond donors (Lipinski definition) is 1.